The van der Waals surface area contributed by atoms with E-state index in [4.69, 9.17) is 33.2 Å². The third-order valence-electron chi connectivity index (χ3n) is 8.95. The molecule has 2 saturated heterocycles. The van der Waals surface area contributed by atoms with Crippen LogP contribution in [-0.4, -0.2) is 95.1 Å². The smallest absolute Gasteiger partial charge is 0.187 e. The fourth-order valence-electron chi connectivity index (χ4n) is 6.14. The highest BCUT2D eigenvalue weighted by Gasteiger charge is 2.50. The molecule has 0 saturated carbocycles. The summed E-state index contributed by atoms with van der Waals surface area (Å²) in [5, 5.41) is 41.2. The third kappa shape index (κ3) is 10.3. The molecule has 2 heterocycles. The highest BCUT2D eigenvalue weighted by molar-refractivity contribution is 5.16. The zero-order valence-electron chi connectivity index (χ0n) is 28.2. The maximum atomic E-state index is 10.7. The number of ether oxygens (including phenoxy) is 7. The van der Waals surface area contributed by atoms with Gasteiger partial charge >= 0.3 is 0 Å². The maximum absolute atomic E-state index is 10.7. The van der Waals surface area contributed by atoms with Crippen molar-refractivity contribution in [3.05, 3.63) is 144 Å². The van der Waals surface area contributed by atoms with Crippen molar-refractivity contribution in [2.24, 2.45) is 0 Å². The summed E-state index contributed by atoms with van der Waals surface area (Å²) in [7, 11) is 0. The highest BCUT2D eigenvalue weighted by atomic mass is 16.7. The van der Waals surface area contributed by atoms with Crippen molar-refractivity contribution >= 4 is 0 Å². The van der Waals surface area contributed by atoms with Crippen molar-refractivity contribution in [1.82, 2.24) is 0 Å². The van der Waals surface area contributed by atoms with Gasteiger partial charge in [-0.25, -0.2) is 0 Å². The minimum absolute atomic E-state index is 0.122. The number of hydrogen-bond donors (Lipinski definition) is 4. The molecule has 0 unspecified atom stereocenters. The van der Waals surface area contributed by atoms with Gasteiger partial charge in [0.05, 0.1) is 39.6 Å². The molecule has 2 aliphatic heterocycles. The van der Waals surface area contributed by atoms with Gasteiger partial charge in [0, 0.05) is 0 Å². The summed E-state index contributed by atoms with van der Waals surface area (Å²) in [6.45, 7) is 0.862. The SMILES string of the molecule is O[C@@H]1[C@@H](O)[C@@H](O)O[C@H](CO[C@@H]2O[C@H](COCc3ccccc3)[C@@H](OCc3ccccc3)[C@H](OCc3ccccc3)[C@H]2OCc2ccccc2)[C@@H]1O. The highest BCUT2D eigenvalue weighted by Crippen LogP contribution is 2.32. The maximum Gasteiger partial charge on any atom is 0.187 e. The quantitative estimate of drug-likeness (QED) is 0.136. The van der Waals surface area contributed by atoms with Gasteiger partial charge in [-0.05, 0) is 22.3 Å². The van der Waals surface area contributed by atoms with Crippen LogP contribution in [0.2, 0.25) is 0 Å². The van der Waals surface area contributed by atoms with Gasteiger partial charge in [-0.15, -0.1) is 0 Å². The molecule has 4 aromatic rings. The lowest BCUT2D eigenvalue weighted by molar-refractivity contribution is -0.342. The van der Waals surface area contributed by atoms with Crippen LogP contribution in [0.5, 0.6) is 0 Å². The molecule has 51 heavy (non-hydrogen) atoms. The molecule has 4 aromatic carbocycles. The minimum atomic E-state index is -1.72. The standard InChI is InChI=1S/C40H46O11/c41-33-31(50-39(44)35(43)34(33)42)26-49-40-38(48-24-30-19-11-4-12-20-30)37(47-23-29-17-9-3-10-18-29)36(46-22-28-15-7-2-8-16-28)32(51-40)25-45-21-27-13-5-1-6-14-27/h1-20,31-44H,21-26H2/t31-,32-,33+,34+,35-,36-,37+,38-,39+,40-/m1/s1. The molecule has 0 spiro atoms. The Morgan fingerprint density at radius 2 is 0.863 bits per heavy atom. The van der Waals surface area contributed by atoms with E-state index in [0.717, 1.165) is 22.3 Å². The van der Waals surface area contributed by atoms with Gasteiger partial charge in [-0.1, -0.05) is 121 Å². The summed E-state index contributed by atoms with van der Waals surface area (Å²) in [6.07, 6.45) is -11.8. The van der Waals surface area contributed by atoms with Gasteiger partial charge in [-0.2, -0.15) is 0 Å². The van der Waals surface area contributed by atoms with E-state index in [1.165, 1.54) is 0 Å². The first-order valence-electron chi connectivity index (χ1n) is 17.2. The van der Waals surface area contributed by atoms with Crippen molar-refractivity contribution < 1.29 is 53.6 Å². The predicted octanol–water partition coefficient (Wildman–Crippen LogP) is 3.50. The van der Waals surface area contributed by atoms with Gasteiger partial charge < -0.3 is 53.6 Å². The number of aliphatic hydroxyl groups is 4. The number of rotatable bonds is 16. The Bertz CT molecular complexity index is 1550. The minimum Gasteiger partial charge on any atom is -0.387 e. The molecular formula is C40H46O11. The second kappa shape index (κ2) is 18.8. The number of hydrogen-bond acceptors (Lipinski definition) is 11. The van der Waals surface area contributed by atoms with Crippen LogP contribution in [0.15, 0.2) is 121 Å². The summed E-state index contributed by atoms with van der Waals surface area (Å²) in [4.78, 5) is 0. The summed E-state index contributed by atoms with van der Waals surface area (Å²) in [5.74, 6) is 0. The average Bonchev–Trinajstić information content (AvgIpc) is 3.17. The second-order valence-corrected chi connectivity index (χ2v) is 12.7. The molecule has 11 nitrogen and oxygen atoms in total. The van der Waals surface area contributed by atoms with Gasteiger partial charge in [-0.3, -0.25) is 0 Å². The van der Waals surface area contributed by atoms with Crippen molar-refractivity contribution in [2.45, 2.75) is 87.8 Å². The molecule has 2 fully saturated rings. The summed E-state index contributed by atoms with van der Waals surface area (Å²) < 4.78 is 44.4. The monoisotopic (exact) mass is 702 g/mol. The van der Waals surface area contributed by atoms with E-state index < -0.39 is 61.4 Å². The number of aliphatic hydroxyl groups excluding tert-OH is 4. The summed E-state index contributed by atoms with van der Waals surface area (Å²) in [5.41, 5.74) is 3.82. The lowest BCUT2D eigenvalue weighted by atomic mass is 9.97. The zero-order chi connectivity index (χ0) is 35.4. The molecule has 0 amide bonds. The first kappa shape index (κ1) is 37.2. The molecule has 0 bridgehead atoms. The first-order valence-corrected chi connectivity index (χ1v) is 17.2. The van der Waals surface area contributed by atoms with Crippen molar-refractivity contribution in [2.75, 3.05) is 13.2 Å². The normalized spacial score (nSPS) is 29.5. The predicted molar refractivity (Wildman–Crippen MR) is 185 cm³/mol. The van der Waals surface area contributed by atoms with Crippen LogP contribution < -0.4 is 0 Å². The topological polar surface area (TPSA) is 146 Å². The Morgan fingerprint density at radius 1 is 0.412 bits per heavy atom. The van der Waals surface area contributed by atoms with Crippen molar-refractivity contribution in [3.8, 4) is 0 Å². The van der Waals surface area contributed by atoms with E-state index >= 15 is 0 Å². The average molecular weight is 703 g/mol. The van der Waals surface area contributed by atoms with E-state index in [2.05, 4.69) is 0 Å². The third-order valence-corrected chi connectivity index (χ3v) is 8.95. The van der Waals surface area contributed by atoms with E-state index in [1.54, 1.807) is 0 Å². The van der Waals surface area contributed by atoms with E-state index in [-0.39, 0.29) is 33.0 Å². The fourth-order valence-corrected chi connectivity index (χ4v) is 6.14. The summed E-state index contributed by atoms with van der Waals surface area (Å²) >= 11 is 0. The second-order valence-electron chi connectivity index (χ2n) is 12.7. The van der Waals surface area contributed by atoms with Gasteiger partial charge in [0.25, 0.3) is 0 Å². The molecular weight excluding hydrogens is 656 g/mol. The molecule has 0 aromatic heterocycles. The van der Waals surface area contributed by atoms with Crippen LogP contribution in [-0.2, 0) is 59.6 Å². The van der Waals surface area contributed by atoms with E-state index in [1.807, 2.05) is 121 Å². The lowest BCUT2D eigenvalue weighted by Crippen LogP contribution is -2.63. The Hall–Kier alpha value is -3.56. The van der Waals surface area contributed by atoms with Gasteiger partial charge in [0.15, 0.2) is 12.6 Å². The van der Waals surface area contributed by atoms with Crippen LogP contribution >= 0.6 is 0 Å². The Kier molecular flexibility index (Phi) is 13.7. The van der Waals surface area contributed by atoms with Crippen LogP contribution in [0.4, 0.5) is 0 Å². The van der Waals surface area contributed by atoms with Gasteiger partial charge in [0.2, 0.25) is 0 Å². The number of benzene rings is 4. The first-order chi connectivity index (χ1) is 25.0. The lowest BCUT2D eigenvalue weighted by Gasteiger charge is -2.46. The van der Waals surface area contributed by atoms with E-state index in [0.29, 0.717) is 6.61 Å². The van der Waals surface area contributed by atoms with Crippen LogP contribution in [0.1, 0.15) is 22.3 Å². The molecule has 6 rings (SSSR count). The van der Waals surface area contributed by atoms with Crippen LogP contribution in [0, 0.1) is 0 Å². The molecule has 11 heteroatoms. The Balaban J connectivity index is 1.29. The Labute approximate surface area is 297 Å². The molecule has 0 radical (unpaired) electrons. The van der Waals surface area contributed by atoms with Crippen LogP contribution in [0.3, 0.4) is 0 Å². The summed E-state index contributed by atoms with van der Waals surface area (Å²) in [6, 6.07) is 39.0. The fraction of sp³-hybridized carbons (Fsp3) is 0.400. The largest absolute Gasteiger partial charge is 0.387 e. The zero-order valence-corrected chi connectivity index (χ0v) is 28.2. The van der Waals surface area contributed by atoms with Gasteiger partial charge in [0.1, 0.15) is 48.8 Å². The van der Waals surface area contributed by atoms with Crippen molar-refractivity contribution in [3.63, 3.8) is 0 Å². The van der Waals surface area contributed by atoms with Crippen molar-refractivity contribution in [1.29, 1.82) is 0 Å². The molecule has 272 valence electrons. The molecule has 4 N–H and O–H groups in total. The molecule has 2 aliphatic rings. The Morgan fingerprint density at radius 3 is 1.37 bits per heavy atom. The molecule has 0 aliphatic carbocycles. The van der Waals surface area contributed by atoms with Crippen LogP contribution in [0.25, 0.3) is 0 Å². The van der Waals surface area contributed by atoms with E-state index in [9.17, 15) is 20.4 Å². The molecule has 10 atom stereocenters.